The summed E-state index contributed by atoms with van der Waals surface area (Å²) in [6.07, 6.45) is 0.556. The van der Waals surface area contributed by atoms with Crippen LogP contribution in [0, 0.1) is 0 Å². The monoisotopic (exact) mass is 328 g/mol. The summed E-state index contributed by atoms with van der Waals surface area (Å²) in [7, 11) is 0. The van der Waals surface area contributed by atoms with Gasteiger partial charge in [-0.25, -0.2) is 4.98 Å². The fraction of sp³-hybridized carbons (Fsp3) is 0.412. The first kappa shape index (κ1) is 16.2. The number of fused-ring (bicyclic) bond motifs is 1. The summed E-state index contributed by atoms with van der Waals surface area (Å²) in [6, 6.07) is 7.33. The number of hydrogen-bond acceptors (Lipinski definition) is 4. The van der Waals surface area contributed by atoms with E-state index in [1.807, 2.05) is 18.2 Å². The van der Waals surface area contributed by atoms with Gasteiger partial charge in [0, 0.05) is 45.9 Å². The van der Waals surface area contributed by atoms with Gasteiger partial charge in [0.05, 0.1) is 11.0 Å². The zero-order valence-electron chi connectivity index (χ0n) is 13.6. The van der Waals surface area contributed by atoms with E-state index < -0.39 is 0 Å². The Morgan fingerprint density at radius 1 is 1.12 bits per heavy atom. The maximum absolute atomic E-state index is 12.3. The number of hydrogen-bond donors (Lipinski definition) is 1. The summed E-state index contributed by atoms with van der Waals surface area (Å²) in [6.45, 7) is 3.75. The van der Waals surface area contributed by atoms with Crippen LogP contribution in [0.25, 0.3) is 11.0 Å². The second-order valence-electron chi connectivity index (χ2n) is 5.92. The van der Waals surface area contributed by atoms with Crippen LogP contribution in [0.3, 0.4) is 0 Å². The number of para-hydroxylation sites is 2. The van der Waals surface area contributed by atoms with Crippen molar-refractivity contribution < 1.29 is 9.59 Å². The molecule has 3 rings (SSSR count). The Balaban J connectivity index is 1.62. The molecule has 0 atom stereocenters. The van der Waals surface area contributed by atoms with E-state index in [0.717, 1.165) is 5.52 Å². The third kappa shape index (κ3) is 3.45. The van der Waals surface area contributed by atoms with Gasteiger partial charge in [-0.15, -0.1) is 0 Å². The Hall–Kier alpha value is -2.70. The molecule has 0 spiro atoms. The Morgan fingerprint density at radius 3 is 2.50 bits per heavy atom. The number of rotatable bonds is 3. The topological polar surface area (TPSA) is 86.4 Å². The molecule has 1 aromatic heterocycles. The van der Waals surface area contributed by atoms with Crippen molar-refractivity contribution >= 4 is 22.8 Å². The lowest BCUT2D eigenvalue weighted by Gasteiger charge is -2.34. The quantitative estimate of drug-likeness (QED) is 0.891. The molecule has 1 aromatic carbocycles. The van der Waals surface area contributed by atoms with Crippen molar-refractivity contribution in [2.75, 3.05) is 26.2 Å². The molecule has 126 valence electrons. The van der Waals surface area contributed by atoms with Crippen molar-refractivity contribution in [1.29, 1.82) is 0 Å². The van der Waals surface area contributed by atoms with Gasteiger partial charge < -0.3 is 14.8 Å². The van der Waals surface area contributed by atoms with E-state index in [1.165, 1.54) is 6.92 Å². The Morgan fingerprint density at radius 2 is 1.79 bits per heavy atom. The highest BCUT2D eigenvalue weighted by molar-refractivity contribution is 5.78. The fourth-order valence-corrected chi connectivity index (χ4v) is 2.89. The van der Waals surface area contributed by atoms with Gasteiger partial charge >= 0.3 is 0 Å². The normalized spacial score (nSPS) is 14.9. The molecular weight excluding hydrogens is 308 g/mol. The average Bonchev–Trinajstić information content (AvgIpc) is 2.59. The van der Waals surface area contributed by atoms with Crippen LogP contribution in [0.2, 0.25) is 0 Å². The lowest BCUT2D eigenvalue weighted by molar-refractivity contribution is -0.138. The molecule has 0 bridgehead atoms. The van der Waals surface area contributed by atoms with E-state index >= 15 is 0 Å². The number of nitrogens with one attached hydrogen (secondary N) is 1. The van der Waals surface area contributed by atoms with Gasteiger partial charge in [-0.1, -0.05) is 12.1 Å². The summed E-state index contributed by atoms with van der Waals surface area (Å²) in [5.41, 5.74) is 1.54. The lowest BCUT2D eigenvalue weighted by atomic mass is 10.2. The van der Waals surface area contributed by atoms with Gasteiger partial charge in [-0.2, -0.15) is 0 Å². The first-order valence-corrected chi connectivity index (χ1v) is 8.06. The molecule has 7 nitrogen and oxygen atoms in total. The number of carbonyl (C=O) groups is 2. The summed E-state index contributed by atoms with van der Waals surface area (Å²) in [4.78, 5) is 46.3. The van der Waals surface area contributed by atoms with Crippen LogP contribution >= 0.6 is 0 Å². The smallest absolute Gasteiger partial charge is 0.270 e. The van der Waals surface area contributed by atoms with E-state index in [-0.39, 0.29) is 23.8 Å². The van der Waals surface area contributed by atoms with E-state index in [0.29, 0.717) is 43.8 Å². The molecule has 7 heteroatoms. The number of benzene rings is 1. The number of aryl methyl sites for hydroxylation is 1. The number of piperazine rings is 1. The molecule has 0 aliphatic carbocycles. The minimum atomic E-state index is -0.247. The van der Waals surface area contributed by atoms with Gasteiger partial charge in [-0.3, -0.25) is 14.4 Å². The van der Waals surface area contributed by atoms with Gasteiger partial charge in [-0.05, 0) is 12.1 Å². The zero-order chi connectivity index (χ0) is 17.1. The molecule has 1 aliphatic heterocycles. The molecule has 1 saturated heterocycles. The highest BCUT2D eigenvalue weighted by Gasteiger charge is 2.22. The lowest BCUT2D eigenvalue weighted by Crippen LogP contribution is -2.50. The molecule has 0 radical (unpaired) electrons. The number of aromatic amines is 1. The van der Waals surface area contributed by atoms with Crippen LogP contribution in [0.1, 0.15) is 19.0 Å². The van der Waals surface area contributed by atoms with Crippen molar-refractivity contribution in [3.63, 3.8) is 0 Å². The highest BCUT2D eigenvalue weighted by Crippen LogP contribution is 2.09. The number of H-pyrrole nitrogens is 1. The zero-order valence-corrected chi connectivity index (χ0v) is 13.6. The SMILES string of the molecule is CC(=O)N1CCN(C(=O)CCc2nc3ccccc3[nH]c2=O)CC1. The van der Waals surface area contributed by atoms with Gasteiger partial charge in [0.2, 0.25) is 11.8 Å². The summed E-state index contributed by atoms with van der Waals surface area (Å²) in [5, 5.41) is 0. The Kier molecular flexibility index (Phi) is 4.59. The third-order valence-corrected chi connectivity index (χ3v) is 4.32. The van der Waals surface area contributed by atoms with Crippen molar-refractivity contribution in [2.45, 2.75) is 19.8 Å². The number of aromatic nitrogens is 2. The Bertz CT molecular complexity index is 822. The molecule has 1 N–H and O–H groups in total. The molecular formula is C17H20N4O3. The van der Waals surface area contributed by atoms with Crippen LogP contribution in [0.5, 0.6) is 0 Å². The maximum Gasteiger partial charge on any atom is 0.270 e. The fourth-order valence-electron chi connectivity index (χ4n) is 2.89. The first-order chi connectivity index (χ1) is 11.5. The first-order valence-electron chi connectivity index (χ1n) is 8.06. The summed E-state index contributed by atoms with van der Waals surface area (Å²) in [5.74, 6) is 0.0292. The van der Waals surface area contributed by atoms with E-state index in [4.69, 9.17) is 0 Å². The van der Waals surface area contributed by atoms with Crippen LogP contribution in [-0.4, -0.2) is 57.8 Å². The third-order valence-electron chi connectivity index (χ3n) is 4.32. The van der Waals surface area contributed by atoms with Crippen molar-refractivity contribution in [3.8, 4) is 0 Å². The molecule has 24 heavy (non-hydrogen) atoms. The standard InChI is InChI=1S/C17H20N4O3/c1-12(22)20-8-10-21(11-9-20)16(23)7-6-15-17(24)19-14-5-3-2-4-13(14)18-15/h2-5H,6-11H2,1H3,(H,19,24). The average molecular weight is 328 g/mol. The van der Waals surface area contributed by atoms with Crippen LogP contribution in [0.15, 0.2) is 29.1 Å². The van der Waals surface area contributed by atoms with E-state index in [1.54, 1.807) is 15.9 Å². The molecule has 0 unspecified atom stereocenters. The van der Waals surface area contributed by atoms with Gasteiger partial charge in [0.15, 0.2) is 0 Å². The highest BCUT2D eigenvalue weighted by atomic mass is 16.2. The van der Waals surface area contributed by atoms with E-state index in [9.17, 15) is 14.4 Å². The van der Waals surface area contributed by atoms with Crippen LogP contribution in [0.4, 0.5) is 0 Å². The second kappa shape index (κ2) is 6.82. The number of amides is 2. The maximum atomic E-state index is 12.3. The van der Waals surface area contributed by atoms with Crippen molar-refractivity contribution in [3.05, 3.63) is 40.3 Å². The van der Waals surface area contributed by atoms with Crippen molar-refractivity contribution in [1.82, 2.24) is 19.8 Å². The van der Waals surface area contributed by atoms with Crippen LogP contribution < -0.4 is 5.56 Å². The van der Waals surface area contributed by atoms with E-state index in [2.05, 4.69) is 9.97 Å². The number of nitrogens with zero attached hydrogens (tertiary/aromatic N) is 3. The predicted molar refractivity (Wildman–Crippen MR) is 89.5 cm³/mol. The molecule has 2 amide bonds. The molecule has 1 fully saturated rings. The largest absolute Gasteiger partial charge is 0.339 e. The molecule has 2 aromatic rings. The summed E-state index contributed by atoms with van der Waals surface area (Å²) >= 11 is 0. The summed E-state index contributed by atoms with van der Waals surface area (Å²) < 4.78 is 0. The van der Waals surface area contributed by atoms with Gasteiger partial charge in [0.25, 0.3) is 5.56 Å². The van der Waals surface area contributed by atoms with Crippen molar-refractivity contribution in [2.24, 2.45) is 0 Å². The number of carbonyl (C=O) groups excluding carboxylic acids is 2. The molecule has 1 aliphatic rings. The predicted octanol–water partition coefficient (Wildman–Crippen LogP) is 0.546. The molecule has 2 heterocycles. The molecule has 0 saturated carbocycles. The van der Waals surface area contributed by atoms with Gasteiger partial charge in [0.1, 0.15) is 5.69 Å². The second-order valence-corrected chi connectivity index (χ2v) is 5.92. The minimum Gasteiger partial charge on any atom is -0.339 e. The minimum absolute atomic E-state index is 0.00689. The van der Waals surface area contributed by atoms with Crippen LogP contribution in [-0.2, 0) is 16.0 Å². The Labute approximate surface area is 139 Å².